The van der Waals surface area contributed by atoms with Crippen molar-refractivity contribution in [1.29, 1.82) is 0 Å². The third-order valence-electron chi connectivity index (χ3n) is 6.01. The van der Waals surface area contributed by atoms with Crippen molar-refractivity contribution >= 4 is 5.91 Å². The first-order valence-electron chi connectivity index (χ1n) is 10.7. The van der Waals surface area contributed by atoms with Crippen molar-refractivity contribution in [3.8, 4) is 11.4 Å². The number of aryl methyl sites for hydroxylation is 1. The van der Waals surface area contributed by atoms with Crippen LogP contribution in [0.1, 0.15) is 30.5 Å². The minimum Gasteiger partial charge on any atom is -0.343 e. The number of piperidine rings is 1. The van der Waals surface area contributed by atoms with Gasteiger partial charge in [0.2, 0.25) is 5.91 Å². The van der Waals surface area contributed by atoms with Crippen LogP contribution in [0.4, 0.5) is 0 Å². The van der Waals surface area contributed by atoms with E-state index in [1.807, 2.05) is 35.5 Å². The van der Waals surface area contributed by atoms with Crippen LogP contribution in [0.25, 0.3) is 11.4 Å². The molecule has 0 bridgehead atoms. The highest BCUT2D eigenvalue weighted by molar-refractivity contribution is 5.76. The number of imidazole rings is 1. The first-order valence-corrected chi connectivity index (χ1v) is 10.7. The highest BCUT2D eigenvalue weighted by Crippen LogP contribution is 2.23. The van der Waals surface area contributed by atoms with Crippen LogP contribution >= 0.6 is 0 Å². The first kappa shape index (κ1) is 20.8. The van der Waals surface area contributed by atoms with E-state index in [0.29, 0.717) is 23.6 Å². The van der Waals surface area contributed by atoms with E-state index in [0.717, 1.165) is 43.9 Å². The van der Waals surface area contributed by atoms with E-state index in [9.17, 15) is 14.4 Å². The number of hydrogen-bond donors (Lipinski definition) is 2. The maximum absolute atomic E-state index is 12.7. The van der Waals surface area contributed by atoms with Gasteiger partial charge < -0.3 is 14.5 Å². The van der Waals surface area contributed by atoms with Crippen LogP contribution in [0.15, 0.2) is 52.3 Å². The fraction of sp³-hybridized carbons (Fsp3) is 0.391. The van der Waals surface area contributed by atoms with Crippen LogP contribution in [0.5, 0.6) is 0 Å². The van der Waals surface area contributed by atoms with Gasteiger partial charge in [-0.25, -0.2) is 9.78 Å². The molecule has 3 heterocycles. The molecule has 0 aliphatic carbocycles. The van der Waals surface area contributed by atoms with Crippen LogP contribution in [0, 0.1) is 12.8 Å². The molecule has 2 N–H and O–H groups in total. The van der Waals surface area contributed by atoms with Gasteiger partial charge in [-0.3, -0.25) is 14.6 Å². The van der Waals surface area contributed by atoms with Crippen molar-refractivity contribution in [2.24, 2.45) is 5.92 Å². The fourth-order valence-electron chi connectivity index (χ4n) is 4.26. The number of amides is 1. The summed E-state index contributed by atoms with van der Waals surface area (Å²) in [5.41, 5.74) is 1.16. The smallest absolute Gasteiger partial charge is 0.325 e. The third-order valence-corrected chi connectivity index (χ3v) is 6.01. The van der Waals surface area contributed by atoms with Crippen molar-refractivity contribution in [3.05, 3.63) is 74.8 Å². The molecule has 0 saturated carbocycles. The maximum atomic E-state index is 12.7. The van der Waals surface area contributed by atoms with Gasteiger partial charge in [-0.15, -0.1) is 0 Å². The molecule has 162 valence electrons. The Morgan fingerprint density at radius 2 is 1.87 bits per heavy atom. The molecule has 1 aromatic carbocycles. The summed E-state index contributed by atoms with van der Waals surface area (Å²) in [6, 6.07) is 10.2. The van der Waals surface area contributed by atoms with E-state index in [-0.39, 0.29) is 12.3 Å². The second-order valence-corrected chi connectivity index (χ2v) is 8.11. The number of likely N-dealkylation sites (tertiary alicyclic amines) is 1. The lowest BCUT2D eigenvalue weighted by atomic mass is 9.96. The Labute approximate surface area is 180 Å². The lowest BCUT2D eigenvalue weighted by Crippen LogP contribution is -2.39. The number of hydrogen-bond acceptors (Lipinski definition) is 4. The van der Waals surface area contributed by atoms with Gasteiger partial charge in [-0.05, 0) is 32.1 Å². The van der Waals surface area contributed by atoms with E-state index in [1.54, 1.807) is 6.92 Å². The van der Waals surface area contributed by atoms with Crippen LogP contribution in [-0.2, 0) is 17.8 Å². The minimum absolute atomic E-state index is 0.0519. The lowest BCUT2D eigenvalue weighted by Gasteiger charge is -2.32. The van der Waals surface area contributed by atoms with Gasteiger partial charge >= 0.3 is 5.69 Å². The molecule has 0 spiro atoms. The number of benzene rings is 1. The quantitative estimate of drug-likeness (QED) is 0.636. The zero-order valence-electron chi connectivity index (χ0n) is 17.6. The van der Waals surface area contributed by atoms with Crippen molar-refractivity contribution in [2.75, 3.05) is 13.1 Å². The third kappa shape index (κ3) is 4.84. The number of nitrogens with one attached hydrogen (secondary N) is 2. The predicted molar refractivity (Wildman–Crippen MR) is 118 cm³/mol. The molecular formula is C23H27N5O3. The molecule has 1 saturated heterocycles. The van der Waals surface area contributed by atoms with E-state index >= 15 is 0 Å². The van der Waals surface area contributed by atoms with Crippen molar-refractivity contribution < 1.29 is 4.79 Å². The van der Waals surface area contributed by atoms with Gasteiger partial charge in [0.1, 0.15) is 5.82 Å². The summed E-state index contributed by atoms with van der Waals surface area (Å²) >= 11 is 0. The Hall–Kier alpha value is -3.42. The molecule has 0 unspecified atom stereocenters. The average molecular weight is 422 g/mol. The van der Waals surface area contributed by atoms with Crippen molar-refractivity contribution in [3.63, 3.8) is 0 Å². The van der Waals surface area contributed by atoms with Gasteiger partial charge in [0.05, 0.1) is 0 Å². The van der Waals surface area contributed by atoms with Crippen LogP contribution in [0.3, 0.4) is 0 Å². The van der Waals surface area contributed by atoms with Gasteiger partial charge in [0, 0.05) is 55.3 Å². The Morgan fingerprint density at radius 3 is 2.58 bits per heavy atom. The molecule has 2 aromatic heterocycles. The zero-order valence-corrected chi connectivity index (χ0v) is 17.6. The summed E-state index contributed by atoms with van der Waals surface area (Å²) in [4.78, 5) is 47.1. The Kier molecular flexibility index (Phi) is 6.16. The molecule has 4 rings (SSSR count). The minimum atomic E-state index is -0.520. The van der Waals surface area contributed by atoms with Crippen molar-refractivity contribution in [2.45, 2.75) is 39.2 Å². The van der Waals surface area contributed by atoms with Gasteiger partial charge in [0.15, 0.2) is 0 Å². The zero-order chi connectivity index (χ0) is 21.8. The summed E-state index contributed by atoms with van der Waals surface area (Å²) in [6.45, 7) is 4.01. The summed E-state index contributed by atoms with van der Waals surface area (Å²) in [5, 5.41) is 0. The van der Waals surface area contributed by atoms with E-state index in [1.165, 1.54) is 0 Å². The highest BCUT2D eigenvalue weighted by atomic mass is 16.2. The second kappa shape index (κ2) is 9.16. The number of carbonyl (C=O) groups excluding carboxylic acids is 1. The fourth-order valence-corrected chi connectivity index (χ4v) is 4.26. The molecule has 1 aliphatic heterocycles. The normalized spacial score (nSPS) is 14.7. The Bertz CT molecular complexity index is 1150. The molecule has 0 radical (unpaired) electrons. The molecule has 1 amide bonds. The number of carbonyl (C=O) groups is 1. The molecule has 1 fully saturated rings. The number of aromatic amines is 2. The van der Waals surface area contributed by atoms with E-state index in [2.05, 4.69) is 31.7 Å². The summed E-state index contributed by atoms with van der Waals surface area (Å²) in [6.07, 6.45) is 6.32. The number of rotatable bonds is 6. The van der Waals surface area contributed by atoms with Crippen molar-refractivity contribution in [1.82, 2.24) is 24.4 Å². The molecule has 8 heteroatoms. The molecule has 3 aromatic rings. The van der Waals surface area contributed by atoms with Crippen LogP contribution in [-0.4, -0.2) is 43.4 Å². The standard InChI is InChI=1S/C23H27N5O3/c1-16-19(22(30)26-23(31)25-16)7-8-20(29)27-12-9-17(10-13-27)15-28-14-11-24-21(28)18-5-3-2-4-6-18/h2-6,11,14,17H,7-10,12-13,15H2,1H3,(H2,25,26,30,31). The number of H-pyrrole nitrogens is 2. The SMILES string of the molecule is Cc1[nH]c(=O)[nH]c(=O)c1CCC(=O)N1CCC(Cn2ccnc2-c2ccccc2)CC1. The molecule has 31 heavy (non-hydrogen) atoms. The lowest BCUT2D eigenvalue weighted by molar-refractivity contribution is -0.132. The average Bonchev–Trinajstić information content (AvgIpc) is 3.22. The largest absolute Gasteiger partial charge is 0.343 e. The summed E-state index contributed by atoms with van der Waals surface area (Å²) in [5.74, 6) is 1.52. The molecular weight excluding hydrogens is 394 g/mol. The molecule has 0 atom stereocenters. The molecule has 8 nitrogen and oxygen atoms in total. The topological polar surface area (TPSA) is 104 Å². The van der Waals surface area contributed by atoms with Crippen LogP contribution < -0.4 is 11.2 Å². The first-order chi connectivity index (χ1) is 15.0. The van der Waals surface area contributed by atoms with E-state index in [4.69, 9.17) is 0 Å². The van der Waals surface area contributed by atoms with Gasteiger partial charge in [0.25, 0.3) is 5.56 Å². The summed E-state index contributed by atoms with van der Waals surface area (Å²) in [7, 11) is 0. The Morgan fingerprint density at radius 1 is 1.13 bits per heavy atom. The maximum Gasteiger partial charge on any atom is 0.325 e. The monoisotopic (exact) mass is 421 g/mol. The van der Waals surface area contributed by atoms with Crippen LogP contribution in [0.2, 0.25) is 0 Å². The molecule has 1 aliphatic rings. The summed E-state index contributed by atoms with van der Waals surface area (Å²) < 4.78 is 2.20. The predicted octanol–water partition coefficient (Wildman–Crippen LogP) is 2.11. The van der Waals surface area contributed by atoms with E-state index < -0.39 is 11.2 Å². The second-order valence-electron chi connectivity index (χ2n) is 8.11. The highest BCUT2D eigenvalue weighted by Gasteiger charge is 2.24. The number of aromatic nitrogens is 4. The number of nitrogens with zero attached hydrogens (tertiary/aromatic N) is 3. The Balaban J connectivity index is 1.30. The van der Waals surface area contributed by atoms with Gasteiger partial charge in [-0.1, -0.05) is 30.3 Å². The van der Waals surface area contributed by atoms with Gasteiger partial charge in [-0.2, -0.15) is 0 Å².